The standard InChI is InChI=1S/C10H16N2OS/c1-7(2)6-12-5-3-4-8(9(11)13)10(12)14/h3-5,7,10,14H,6H2,1-2H3,(H2,11,13). The van der Waals surface area contributed by atoms with Gasteiger partial charge in [-0.25, -0.2) is 0 Å². The number of nitrogens with two attached hydrogens (primary N) is 1. The lowest BCUT2D eigenvalue weighted by atomic mass is 10.1. The monoisotopic (exact) mass is 212 g/mol. The highest BCUT2D eigenvalue weighted by molar-refractivity contribution is 7.81. The van der Waals surface area contributed by atoms with Gasteiger partial charge in [-0.15, -0.1) is 12.6 Å². The summed E-state index contributed by atoms with van der Waals surface area (Å²) in [5.74, 6) is 0.129. The molecule has 0 aromatic carbocycles. The van der Waals surface area contributed by atoms with Crippen molar-refractivity contribution in [3.8, 4) is 0 Å². The lowest BCUT2D eigenvalue weighted by Crippen LogP contribution is -2.37. The summed E-state index contributed by atoms with van der Waals surface area (Å²) in [6.45, 7) is 5.11. The molecule has 14 heavy (non-hydrogen) atoms. The fourth-order valence-electron chi connectivity index (χ4n) is 1.40. The molecular weight excluding hydrogens is 196 g/mol. The van der Waals surface area contributed by atoms with Gasteiger partial charge in [0.1, 0.15) is 5.37 Å². The first kappa shape index (κ1) is 11.2. The summed E-state index contributed by atoms with van der Waals surface area (Å²) in [4.78, 5) is 13.0. The molecular formula is C10H16N2OS. The van der Waals surface area contributed by atoms with Crippen molar-refractivity contribution in [3.05, 3.63) is 23.9 Å². The van der Waals surface area contributed by atoms with Crippen molar-refractivity contribution in [2.24, 2.45) is 11.7 Å². The fraction of sp³-hybridized carbons (Fsp3) is 0.500. The fourth-order valence-corrected chi connectivity index (χ4v) is 1.78. The van der Waals surface area contributed by atoms with Crippen LogP contribution in [0.25, 0.3) is 0 Å². The van der Waals surface area contributed by atoms with Gasteiger partial charge in [0.15, 0.2) is 0 Å². The van der Waals surface area contributed by atoms with Crippen LogP contribution in [0.15, 0.2) is 23.9 Å². The summed E-state index contributed by atoms with van der Waals surface area (Å²) >= 11 is 4.37. The second-order valence-corrected chi connectivity index (χ2v) is 4.28. The van der Waals surface area contributed by atoms with Gasteiger partial charge in [0, 0.05) is 18.3 Å². The predicted molar refractivity (Wildman–Crippen MR) is 60.7 cm³/mol. The Labute approximate surface area is 90.1 Å². The molecule has 0 radical (unpaired) electrons. The summed E-state index contributed by atoms with van der Waals surface area (Å²) in [6, 6.07) is 0. The number of rotatable bonds is 3. The minimum absolute atomic E-state index is 0.208. The molecule has 1 rings (SSSR count). The van der Waals surface area contributed by atoms with E-state index in [1.165, 1.54) is 0 Å². The number of nitrogens with zero attached hydrogens (tertiary/aromatic N) is 1. The molecule has 78 valence electrons. The molecule has 2 N–H and O–H groups in total. The molecule has 1 amide bonds. The van der Waals surface area contributed by atoms with E-state index in [1.807, 2.05) is 17.2 Å². The minimum Gasteiger partial charge on any atom is -0.366 e. The molecule has 1 unspecified atom stereocenters. The highest BCUT2D eigenvalue weighted by atomic mass is 32.1. The maximum Gasteiger partial charge on any atom is 0.247 e. The van der Waals surface area contributed by atoms with Gasteiger partial charge < -0.3 is 10.6 Å². The van der Waals surface area contributed by atoms with Gasteiger partial charge in [-0.2, -0.15) is 0 Å². The lowest BCUT2D eigenvalue weighted by molar-refractivity contribution is -0.114. The first-order valence-electron chi connectivity index (χ1n) is 4.64. The molecule has 0 saturated heterocycles. The Balaban J connectivity index is 2.73. The van der Waals surface area contributed by atoms with E-state index < -0.39 is 5.91 Å². The molecule has 4 heteroatoms. The van der Waals surface area contributed by atoms with E-state index in [2.05, 4.69) is 26.5 Å². The number of amides is 1. The number of hydrogen-bond acceptors (Lipinski definition) is 3. The van der Waals surface area contributed by atoms with Gasteiger partial charge >= 0.3 is 0 Å². The zero-order valence-electron chi connectivity index (χ0n) is 8.47. The predicted octanol–water partition coefficient (Wildman–Crippen LogP) is 1.14. The third kappa shape index (κ3) is 2.54. The second-order valence-electron chi connectivity index (χ2n) is 3.79. The third-order valence-corrected chi connectivity index (χ3v) is 2.58. The van der Waals surface area contributed by atoms with E-state index >= 15 is 0 Å². The zero-order chi connectivity index (χ0) is 10.7. The van der Waals surface area contributed by atoms with Crippen LogP contribution in [0, 0.1) is 5.92 Å². The van der Waals surface area contributed by atoms with Crippen LogP contribution < -0.4 is 5.73 Å². The van der Waals surface area contributed by atoms with Crippen molar-refractivity contribution in [2.75, 3.05) is 6.54 Å². The van der Waals surface area contributed by atoms with Gasteiger partial charge in [-0.3, -0.25) is 4.79 Å². The van der Waals surface area contributed by atoms with Crippen LogP contribution in [0.4, 0.5) is 0 Å². The summed E-state index contributed by atoms with van der Waals surface area (Å²) in [5.41, 5.74) is 5.79. The van der Waals surface area contributed by atoms with Crippen LogP contribution in [0.1, 0.15) is 13.8 Å². The first-order chi connectivity index (χ1) is 6.52. The molecule has 0 fully saturated rings. The highest BCUT2D eigenvalue weighted by Gasteiger charge is 2.22. The number of thiol groups is 1. The van der Waals surface area contributed by atoms with E-state index in [9.17, 15) is 4.79 Å². The van der Waals surface area contributed by atoms with Gasteiger partial charge in [-0.05, 0) is 18.1 Å². The number of carbonyl (C=O) groups is 1. The quantitative estimate of drug-likeness (QED) is 0.689. The molecule has 0 aromatic heterocycles. The van der Waals surface area contributed by atoms with Crippen LogP contribution in [-0.2, 0) is 4.79 Å². The van der Waals surface area contributed by atoms with E-state index in [4.69, 9.17) is 5.73 Å². The van der Waals surface area contributed by atoms with E-state index in [-0.39, 0.29) is 5.37 Å². The lowest BCUT2D eigenvalue weighted by Gasteiger charge is -2.31. The molecule has 1 aliphatic heterocycles. The maximum atomic E-state index is 11.0. The number of hydrogen-bond donors (Lipinski definition) is 2. The van der Waals surface area contributed by atoms with Gasteiger partial charge in [-0.1, -0.05) is 13.8 Å². The maximum absolute atomic E-state index is 11.0. The third-order valence-electron chi connectivity index (χ3n) is 2.01. The van der Waals surface area contributed by atoms with Crippen LogP contribution in [0.3, 0.4) is 0 Å². The minimum atomic E-state index is -0.400. The normalized spacial score (nSPS) is 21.3. The van der Waals surface area contributed by atoms with Crippen LogP contribution in [0.2, 0.25) is 0 Å². The Morgan fingerprint density at radius 3 is 2.86 bits per heavy atom. The second kappa shape index (κ2) is 4.55. The molecule has 0 aromatic rings. The van der Waals surface area contributed by atoms with Crippen molar-refractivity contribution in [1.82, 2.24) is 4.90 Å². The summed E-state index contributed by atoms with van der Waals surface area (Å²) in [7, 11) is 0. The van der Waals surface area contributed by atoms with Gasteiger partial charge in [0.25, 0.3) is 0 Å². The number of carbonyl (C=O) groups excluding carboxylic acids is 1. The Morgan fingerprint density at radius 1 is 1.71 bits per heavy atom. The smallest absolute Gasteiger partial charge is 0.247 e. The van der Waals surface area contributed by atoms with E-state index in [0.717, 1.165) is 6.54 Å². The Hall–Kier alpha value is -0.900. The van der Waals surface area contributed by atoms with Crippen LogP contribution in [-0.4, -0.2) is 22.7 Å². The number of allylic oxidation sites excluding steroid dienone is 2. The molecule has 3 nitrogen and oxygen atoms in total. The van der Waals surface area contributed by atoms with Crippen LogP contribution in [0.5, 0.6) is 0 Å². The van der Waals surface area contributed by atoms with Crippen molar-refractivity contribution in [2.45, 2.75) is 19.2 Å². The number of primary amides is 1. The molecule has 1 aliphatic rings. The van der Waals surface area contributed by atoms with Crippen molar-refractivity contribution >= 4 is 18.5 Å². The largest absolute Gasteiger partial charge is 0.366 e. The summed E-state index contributed by atoms with van der Waals surface area (Å²) < 4.78 is 0. The summed E-state index contributed by atoms with van der Waals surface area (Å²) in [5, 5.41) is -0.208. The van der Waals surface area contributed by atoms with E-state index in [1.54, 1.807) is 6.08 Å². The molecule has 1 heterocycles. The van der Waals surface area contributed by atoms with Crippen molar-refractivity contribution in [3.63, 3.8) is 0 Å². The Morgan fingerprint density at radius 2 is 2.36 bits per heavy atom. The molecule has 1 atom stereocenters. The highest BCUT2D eigenvalue weighted by Crippen LogP contribution is 2.20. The SMILES string of the molecule is CC(C)CN1C=CC=C(C(N)=O)C1S. The molecule has 0 saturated carbocycles. The topological polar surface area (TPSA) is 46.3 Å². The van der Waals surface area contributed by atoms with Crippen molar-refractivity contribution < 1.29 is 4.79 Å². The zero-order valence-corrected chi connectivity index (χ0v) is 9.37. The van der Waals surface area contributed by atoms with Gasteiger partial charge in [0.2, 0.25) is 5.91 Å². The van der Waals surface area contributed by atoms with Gasteiger partial charge in [0.05, 0.1) is 0 Å². The summed E-state index contributed by atoms with van der Waals surface area (Å²) in [6.07, 6.45) is 5.48. The average Bonchev–Trinajstić information content (AvgIpc) is 2.07. The molecule has 0 spiro atoms. The van der Waals surface area contributed by atoms with E-state index in [0.29, 0.717) is 11.5 Å². The Bertz CT molecular complexity index is 284. The molecule has 0 aliphatic carbocycles. The average molecular weight is 212 g/mol. The van der Waals surface area contributed by atoms with Crippen LogP contribution >= 0.6 is 12.6 Å². The van der Waals surface area contributed by atoms with Crippen molar-refractivity contribution in [1.29, 1.82) is 0 Å². The first-order valence-corrected chi connectivity index (χ1v) is 5.16. The Kier molecular flexibility index (Phi) is 3.63. The molecule has 0 bridgehead atoms.